The molecule has 0 saturated carbocycles. The van der Waals surface area contributed by atoms with E-state index in [-0.39, 0.29) is 5.78 Å². The van der Waals surface area contributed by atoms with Crippen molar-refractivity contribution in [2.75, 3.05) is 32.7 Å². The quantitative estimate of drug-likeness (QED) is 0.672. The van der Waals surface area contributed by atoms with Crippen LogP contribution in [0.15, 0.2) is 59.6 Å². The lowest BCUT2D eigenvalue weighted by Gasteiger charge is -2.33. The van der Waals surface area contributed by atoms with Crippen molar-refractivity contribution in [3.8, 4) is 0 Å². The fourth-order valence-corrected chi connectivity index (χ4v) is 5.00. The minimum atomic E-state index is -3.49. The van der Waals surface area contributed by atoms with Gasteiger partial charge in [0.25, 0.3) is 0 Å². The summed E-state index contributed by atoms with van der Waals surface area (Å²) in [6.07, 6.45) is 1.76. The molecule has 1 aliphatic heterocycles. The first-order chi connectivity index (χ1) is 13.4. The van der Waals surface area contributed by atoms with Crippen molar-refractivity contribution < 1.29 is 13.2 Å². The standard InChI is InChI=1S/C21H23N3O3S/c1-16-6-8-17(9-7-16)28(26,27)24-12-10-23(11-13-24)15-21(25)19-14-22-20-5-3-2-4-18(19)20/h2-9,14,22H,10-13,15H2,1H3. The van der Waals surface area contributed by atoms with Crippen LogP contribution in [0.1, 0.15) is 15.9 Å². The first kappa shape index (κ1) is 18.9. The molecule has 4 rings (SSSR count). The summed E-state index contributed by atoms with van der Waals surface area (Å²) < 4.78 is 27.1. The maximum Gasteiger partial charge on any atom is 0.243 e. The van der Waals surface area contributed by atoms with E-state index in [0.29, 0.717) is 43.2 Å². The molecular weight excluding hydrogens is 374 g/mol. The molecule has 146 valence electrons. The summed E-state index contributed by atoms with van der Waals surface area (Å²) in [5, 5.41) is 0.924. The number of rotatable bonds is 5. The molecule has 6 nitrogen and oxygen atoms in total. The summed E-state index contributed by atoms with van der Waals surface area (Å²) in [4.78, 5) is 18.2. The van der Waals surface area contributed by atoms with Crippen LogP contribution >= 0.6 is 0 Å². The molecule has 0 spiro atoms. The van der Waals surface area contributed by atoms with Gasteiger partial charge in [0.15, 0.2) is 5.78 Å². The summed E-state index contributed by atoms with van der Waals surface area (Å²) in [7, 11) is -3.49. The summed E-state index contributed by atoms with van der Waals surface area (Å²) in [6, 6.07) is 14.6. The third-order valence-corrected chi connectivity index (χ3v) is 7.16. The van der Waals surface area contributed by atoms with Gasteiger partial charge in [-0.2, -0.15) is 4.31 Å². The molecule has 1 fully saturated rings. The molecule has 1 aromatic heterocycles. The molecule has 0 aliphatic carbocycles. The number of carbonyl (C=O) groups excluding carboxylic acids is 1. The number of carbonyl (C=O) groups is 1. The van der Waals surface area contributed by atoms with E-state index in [9.17, 15) is 13.2 Å². The van der Waals surface area contributed by atoms with E-state index in [1.54, 1.807) is 18.3 Å². The van der Waals surface area contributed by atoms with Gasteiger partial charge in [-0.05, 0) is 25.1 Å². The molecule has 28 heavy (non-hydrogen) atoms. The molecule has 1 aliphatic rings. The van der Waals surface area contributed by atoms with Crippen LogP contribution in [0, 0.1) is 6.92 Å². The van der Waals surface area contributed by atoms with Crippen molar-refractivity contribution >= 4 is 26.7 Å². The van der Waals surface area contributed by atoms with Gasteiger partial charge >= 0.3 is 0 Å². The number of nitrogens with zero attached hydrogens (tertiary/aromatic N) is 2. The number of Topliss-reactive ketones (excluding diaryl/α,β-unsaturated/α-hetero) is 1. The lowest BCUT2D eigenvalue weighted by atomic mass is 10.1. The zero-order valence-corrected chi connectivity index (χ0v) is 16.6. The predicted molar refractivity (Wildman–Crippen MR) is 109 cm³/mol. The Morgan fingerprint density at radius 2 is 1.68 bits per heavy atom. The second-order valence-corrected chi connectivity index (χ2v) is 9.10. The molecule has 0 radical (unpaired) electrons. The number of aryl methyl sites for hydroxylation is 1. The van der Waals surface area contributed by atoms with Crippen LogP contribution in [0.5, 0.6) is 0 Å². The number of hydrogen-bond donors (Lipinski definition) is 1. The maximum atomic E-state index is 12.8. The molecule has 2 heterocycles. The fourth-order valence-electron chi connectivity index (χ4n) is 3.58. The number of para-hydroxylation sites is 1. The number of hydrogen-bond acceptors (Lipinski definition) is 4. The Kier molecular flexibility index (Phi) is 5.05. The van der Waals surface area contributed by atoms with E-state index >= 15 is 0 Å². The average molecular weight is 398 g/mol. The number of fused-ring (bicyclic) bond motifs is 1. The Hall–Kier alpha value is -2.48. The third kappa shape index (κ3) is 3.61. The van der Waals surface area contributed by atoms with Gasteiger partial charge in [0.2, 0.25) is 10.0 Å². The molecule has 2 aromatic carbocycles. The van der Waals surface area contributed by atoms with Crippen molar-refractivity contribution in [1.29, 1.82) is 0 Å². The maximum absolute atomic E-state index is 12.8. The van der Waals surface area contributed by atoms with Gasteiger partial charge in [0.05, 0.1) is 11.4 Å². The Morgan fingerprint density at radius 1 is 1.00 bits per heavy atom. The Bertz CT molecular complexity index is 1100. The van der Waals surface area contributed by atoms with E-state index in [1.807, 2.05) is 48.2 Å². The number of aromatic nitrogens is 1. The Morgan fingerprint density at radius 3 is 2.39 bits per heavy atom. The van der Waals surface area contributed by atoms with E-state index in [1.165, 1.54) is 4.31 Å². The van der Waals surface area contributed by atoms with Crippen molar-refractivity contribution in [1.82, 2.24) is 14.2 Å². The summed E-state index contributed by atoms with van der Waals surface area (Å²) >= 11 is 0. The predicted octanol–water partition coefficient (Wildman–Crippen LogP) is 2.67. The fraction of sp³-hybridized carbons (Fsp3) is 0.286. The van der Waals surface area contributed by atoms with Crippen LogP contribution in [0.3, 0.4) is 0 Å². The zero-order valence-electron chi connectivity index (χ0n) is 15.8. The third-order valence-electron chi connectivity index (χ3n) is 5.25. The highest BCUT2D eigenvalue weighted by Gasteiger charge is 2.29. The van der Waals surface area contributed by atoms with Crippen LogP contribution in [0.4, 0.5) is 0 Å². The molecule has 0 amide bonds. The molecule has 7 heteroatoms. The van der Waals surface area contributed by atoms with Crippen molar-refractivity contribution in [2.24, 2.45) is 0 Å². The number of piperazine rings is 1. The van der Waals surface area contributed by atoms with Crippen LogP contribution in [-0.2, 0) is 10.0 Å². The summed E-state index contributed by atoms with van der Waals surface area (Å²) in [5.41, 5.74) is 2.66. The van der Waals surface area contributed by atoms with Gasteiger partial charge in [-0.15, -0.1) is 0 Å². The summed E-state index contributed by atoms with van der Waals surface area (Å²) in [5.74, 6) is 0.0484. The molecule has 1 N–H and O–H groups in total. The molecule has 3 aromatic rings. The largest absolute Gasteiger partial charge is 0.360 e. The normalized spacial score (nSPS) is 16.5. The first-order valence-corrected chi connectivity index (χ1v) is 10.8. The summed E-state index contributed by atoms with van der Waals surface area (Å²) in [6.45, 7) is 4.08. The van der Waals surface area contributed by atoms with Crippen LogP contribution in [0.2, 0.25) is 0 Å². The lowest BCUT2D eigenvalue weighted by molar-refractivity contribution is 0.0903. The number of sulfonamides is 1. The van der Waals surface area contributed by atoms with Gasteiger partial charge in [-0.3, -0.25) is 9.69 Å². The van der Waals surface area contributed by atoms with Gasteiger partial charge in [-0.1, -0.05) is 35.9 Å². The molecular formula is C21H23N3O3S. The molecule has 0 bridgehead atoms. The van der Waals surface area contributed by atoms with Gasteiger partial charge in [0, 0.05) is 48.8 Å². The molecule has 0 unspecified atom stereocenters. The SMILES string of the molecule is Cc1ccc(S(=O)(=O)N2CCN(CC(=O)c3c[nH]c4ccccc34)CC2)cc1. The smallest absolute Gasteiger partial charge is 0.243 e. The highest BCUT2D eigenvalue weighted by Crippen LogP contribution is 2.20. The number of ketones is 1. The van der Waals surface area contributed by atoms with Crippen LogP contribution < -0.4 is 0 Å². The molecule has 1 saturated heterocycles. The van der Waals surface area contributed by atoms with Gasteiger partial charge in [0.1, 0.15) is 0 Å². The highest BCUT2D eigenvalue weighted by molar-refractivity contribution is 7.89. The Balaban J connectivity index is 1.40. The number of nitrogens with one attached hydrogen (secondary N) is 1. The first-order valence-electron chi connectivity index (χ1n) is 9.33. The number of H-pyrrole nitrogens is 1. The van der Waals surface area contributed by atoms with E-state index in [4.69, 9.17) is 0 Å². The van der Waals surface area contributed by atoms with E-state index in [2.05, 4.69) is 4.98 Å². The minimum absolute atomic E-state index is 0.0484. The number of benzene rings is 2. The van der Waals surface area contributed by atoms with Crippen LogP contribution in [-0.4, -0.2) is 61.1 Å². The van der Waals surface area contributed by atoms with Crippen molar-refractivity contribution in [3.63, 3.8) is 0 Å². The van der Waals surface area contributed by atoms with Gasteiger partial charge in [-0.25, -0.2) is 8.42 Å². The second kappa shape index (κ2) is 7.50. The lowest BCUT2D eigenvalue weighted by Crippen LogP contribution is -2.49. The Labute approximate surface area is 164 Å². The zero-order chi connectivity index (χ0) is 19.7. The molecule has 0 atom stereocenters. The van der Waals surface area contributed by atoms with Crippen molar-refractivity contribution in [2.45, 2.75) is 11.8 Å². The van der Waals surface area contributed by atoms with Crippen LogP contribution in [0.25, 0.3) is 10.9 Å². The average Bonchev–Trinajstić information content (AvgIpc) is 3.13. The second-order valence-electron chi connectivity index (χ2n) is 7.16. The topological polar surface area (TPSA) is 73.5 Å². The monoisotopic (exact) mass is 397 g/mol. The minimum Gasteiger partial charge on any atom is -0.360 e. The highest BCUT2D eigenvalue weighted by atomic mass is 32.2. The van der Waals surface area contributed by atoms with Gasteiger partial charge < -0.3 is 4.98 Å². The number of aromatic amines is 1. The van der Waals surface area contributed by atoms with E-state index < -0.39 is 10.0 Å². The van der Waals surface area contributed by atoms with E-state index in [0.717, 1.165) is 16.5 Å². The van der Waals surface area contributed by atoms with Crippen molar-refractivity contribution in [3.05, 3.63) is 65.9 Å².